The third-order valence-electron chi connectivity index (χ3n) is 6.48. The van der Waals surface area contributed by atoms with Gasteiger partial charge >= 0.3 is 5.69 Å². The number of carbonyl (C=O) groups excluding carboxylic acids is 1. The summed E-state index contributed by atoms with van der Waals surface area (Å²) in [6.45, 7) is 3.03. The van der Waals surface area contributed by atoms with Crippen molar-refractivity contribution in [2.45, 2.75) is 68.7 Å². The predicted octanol–water partition coefficient (Wildman–Crippen LogP) is -0.794. The number of hydrogen-bond donors (Lipinski definition) is 4. The summed E-state index contributed by atoms with van der Waals surface area (Å²) in [5.41, 5.74) is 7.58. The molecule has 2 fully saturated rings. The van der Waals surface area contributed by atoms with E-state index >= 15 is 0 Å². The number of amides is 1. The molecule has 3 atom stereocenters. The molecule has 3 heterocycles. The van der Waals surface area contributed by atoms with Crippen LogP contribution in [0.15, 0.2) is 15.8 Å². The third kappa shape index (κ3) is 5.05. The van der Waals surface area contributed by atoms with Gasteiger partial charge in [-0.05, 0) is 39.2 Å². The number of aliphatic hydroxyl groups is 1. The summed E-state index contributed by atoms with van der Waals surface area (Å²) in [6.07, 6.45) is 4.28. The fourth-order valence-electron chi connectivity index (χ4n) is 4.65. The van der Waals surface area contributed by atoms with Crippen molar-refractivity contribution in [3.8, 4) is 0 Å². The van der Waals surface area contributed by atoms with Gasteiger partial charge in [0.05, 0.1) is 36.1 Å². The van der Waals surface area contributed by atoms with Gasteiger partial charge in [-0.15, -0.1) is 0 Å². The number of aromatic amines is 1. The molecular weight excluding hydrogens is 409 g/mol. The molecule has 0 bridgehead atoms. The van der Waals surface area contributed by atoms with Crippen LogP contribution in [-0.4, -0.2) is 68.9 Å². The van der Waals surface area contributed by atoms with Crippen molar-refractivity contribution in [1.29, 1.82) is 0 Å². The number of unbranched alkanes of at least 4 members (excludes halogenated alkanes) is 1. The highest BCUT2D eigenvalue weighted by Crippen LogP contribution is 2.43. The number of aromatic nitrogens is 2. The van der Waals surface area contributed by atoms with E-state index in [-0.39, 0.29) is 18.9 Å². The summed E-state index contributed by atoms with van der Waals surface area (Å²) in [5, 5.41) is 11.1. The van der Waals surface area contributed by atoms with Gasteiger partial charge in [0, 0.05) is 19.5 Å². The zero-order valence-corrected chi connectivity index (χ0v) is 17.8. The molecule has 31 heavy (non-hydrogen) atoms. The summed E-state index contributed by atoms with van der Waals surface area (Å²) < 4.78 is 20.8. The molecule has 0 unspecified atom stereocenters. The first-order chi connectivity index (χ1) is 14.6. The van der Waals surface area contributed by atoms with Crippen molar-refractivity contribution in [2.24, 2.45) is 11.5 Å². The first-order valence-electron chi connectivity index (χ1n) is 10.7. The van der Waals surface area contributed by atoms with Crippen LogP contribution < -0.4 is 22.7 Å². The first-order valence-corrected chi connectivity index (χ1v) is 10.7. The Bertz CT molecular complexity index is 906. The molecule has 0 saturated carbocycles. The molecule has 11 heteroatoms. The Morgan fingerprint density at radius 1 is 1.39 bits per heavy atom. The summed E-state index contributed by atoms with van der Waals surface area (Å²) in [7, 11) is 0. The van der Waals surface area contributed by atoms with E-state index in [1.54, 1.807) is 11.8 Å². The average Bonchev–Trinajstić information content (AvgIpc) is 2.71. The molecule has 0 aromatic carbocycles. The van der Waals surface area contributed by atoms with E-state index < -0.39 is 40.4 Å². The van der Waals surface area contributed by atoms with Crippen molar-refractivity contribution >= 4 is 5.91 Å². The zero-order valence-electron chi connectivity index (χ0n) is 17.8. The Labute approximate surface area is 179 Å². The maximum atomic E-state index is 13.7. The minimum absolute atomic E-state index is 0.0229. The number of halogens is 1. The molecule has 0 radical (unpaired) electrons. The van der Waals surface area contributed by atoms with Crippen molar-refractivity contribution in [2.75, 3.05) is 26.2 Å². The van der Waals surface area contributed by atoms with Gasteiger partial charge in [-0.25, -0.2) is 4.79 Å². The Hall–Kier alpha value is -2.08. The van der Waals surface area contributed by atoms with Crippen LogP contribution >= 0.6 is 0 Å². The van der Waals surface area contributed by atoms with Crippen molar-refractivity contribution in [3.63, 3.8) is 0 Å². The Balaban J connectivity index is 1.64. The van der Waals surface area contributed by atoms with Crippen LogP contribution in [0.3, 0.4) is 0 Å². The molecule has 2 aliphatic rings. The smallest absolute Gasteiger partial charge is 0.328 e. The maximum Gasteiger partial charge on any atom is 0.328 e. The van der Waals surface area contributed by atoms with Gasteiger partial charge in [-0.2, -0.15) is 4.39 Å². The van der Waals surface area contributed by atoms with Gasteiger partial charge < -0.3 is 26.2 Å². The number of nitrogens with zero attached hydrogens (tertiary/aromatic N) is 2. The minimum atomic E-state index is -1.38. The molecule has 2 aliphatic heterocycles. The fraction of sp³-hybridized carbons (Fsp3) is 0.750. The van der Waals surface area contributed by atoms with Crippen molar-refractivity contribution in [3.05, 3.63) is 32.9 Å². The van der Waals surface area contributed by atoms with Crippen molar-refractivity contribution < 1.29 is 19.0 Å². The quantitative estimate of drug-likeness (QED) is 0.421. The number of carbonyl (C=O) groups is 1. The van der Waals surface area contributed by atoms with Gasteiger partial charge in [-0.1, -0.05) is 6.42 Å². The molecule has 3 rings (SSSR count). The number of ether oxygens (including phenoxy) is 1. The normalized spacial score (nSPS) is 26.7. The number of H-pyrrole nitrogens is 1. The Morgan fingerprint density at radius 2 is 2.06 bits per heavy atom. The Kier molecular flexibility index (Phi) is 6.99. The number of nitrogens with two attached hydrogens (primary N) is 2. The van der Waals surface area contributed by atoms with E-state index in [1.165, 1.54) is 0 Å². The van der Waals surface area contributed by atoms with Gasteiger partial charge in [0.15, 0.2) is 0 Å². The lowest BCUT2D eigenvalue weighted by Gasteiger charge is -2.51. The molecule has 6 N–H and O–H groups in total. The van der Waals surface area contributed by atoms with Crippen LogP contribution in [0.25, 0.3) is 0 Å². The summed E-state index contributed by atoms with van der Waals surface area (Å²) in [5.74, 6) is -1.20. The molecular formula is C20H32FN5O5. The highest BCUT2D eigenvalue weighted by Gasteiger charge is 2.50. The van der Waals surface area contributed by atoms with Crippen LogP contribution in [0, 0.1) is 5.82 Å². The molecule has 1 aromatic heterocycles. The number of hydrogen-bond acceptors (Lipinski definition) is 7. The van der Waals surface area contributed by atoms with Crippen LogP contribution in [0.4, 0.5) is 4.39 Å². The van der Waals surface area contributed by atoms with Gasteiger partial charge in [0.2, 0.25) is 11.7 Å². The fourth-order valence-corrected chi connectivity index (χ4v) is 4.65. The Morgan fingerprint density at radius 3 is 2.68 bits per heavy atom. The second-order valence-corrected chi connectivity index (χ2v) is 8.90. The maximum absolute atomic E-state index is 13.7. The highest BCUT2D eigenvalue weighted by molar-refractivity contribution is 5.81. The molecule has 0 aliphatic carbocycles. The summed E-state index contributed by atoms with van der Waals surface area (Å²) in [6, 6.07) is -1.41. The zero-order chi connectivity index (χ0) is 22.8. The number of nitrogens with one attached hydrogen (secondary N) is 1. The first kappa shape index (κ1) is 23.6. The largest absolute Gasteiger partial charge is 0.388 e. The third-order valence-corrected chi connectivity index (χ3v) is 6.48. The number of rotatable bonds is 6. The lowest BCUT2D eigenvalue weighted by atomic mass is 9.75. The molecule has 1 aromatic rings. The molecule has 174 valence electrons. The molecule has 2 saturated heterocycles. The number of piperidine rings is 1. The minimum Gasteiger partial charge on any atom is -0.388 e. The van der Waals surface area contributed by atoms with Gasteiger partial charge in [0.1, 0.15) is 0 Å². The second kappa shape index (κ2) is 9.19. The van der Waals surface area contributed by atoms with E-state index in [0.29, 0.717) is 38.9 Å². The average molecular weight is 442 g/mol. The standard InChI is InChI=1S/C20H32FN5O5/c1-19(30)12-20(31-11-15(19)26-10-13(21)16(27)24-18(26)29)5-8-25(9-6-20)17(28)14(23)4-2-3-7-22/h10,14-15,30H,2-9,11-12,22-23H2,1H3,(H,24,27,29)/t14-,15+,19+/m1/s1. The summed E-state index contributed by atoms with van der Waals surface area (Å²) >= 11 is 0. The van der Waals surface area contributed by atoms with E-state index in [2.05, 4.69) is 0 Å². The molecule has 1 amide bonds. The van der Waals surface area contributed by atoms with Crippen LogP contribution in [0.1, 0.15) is 51.5 Å². The summed E-state index contributed by atoms with van der Waals surface area (Å²) in [4.78, 5) is 39.7. The highest BCUT2D eigenvalue weighted by atomic mass is 19.1. The predicted molar refractivity (Wildman–Crippen MR) is 111 cm³/mol. The monoisotopic (exact) mass is 441 g/mol. The number of likely N-dealkylation sites (tertiary alicyclic amines) is 1. The van der Waals surface area contributed by atoms with E-state index in [4.69, 9.17) is 16.2 Å². The lowest BCUT2D eigenvalue weighted by Crippen LogP contribution is -2.60. The van der Waals surface area contributed by atoms with Crippen LogP contribution in [0.5, 0.6) is 0 Å². The lowest BCUT2D eigenvalue weighted by molar-refractivity contribution is -0.198. The molecule has 1 spiro atoms. The van der Waals surface area contributed by atoms with Gasteiger partial charge in [0.25, 0.3) is 5.56 Å². The van der Waals surface area contributed by atoms with Crippen molar-refractivity contribution in [1.82, 2.24) is 14.5 Å². The van der Waals surface area contributed by atoms with E-state index in [1.807, 2.05) is 4.98 Å². The van der Waals surface area contributed by atoms with Crippen LogP contribution in [-0.2, 0) is 9.53 Å². The molecule has 10 nitrogen and oxygen atoms in total. The second-order valence-electron chi connectivity index (χ2n) is 8.90. The van der Waals surface area contributed by atoms with E-state index in [9.17, 15) is 23.9 Å². The van der Waals surface area contributed by atoms with Crippen LogP contribution in [0.2, 0.25) is 0 Å². The van der Waals surface area contributed by atoms with Gasteiger partial charge in [-0.3, -0.25) is 19.1 Å². The van der Waals surface area contributed by atoms with E-state index in [0.717, 1.165) is 23.6 Å². The topological polar surface area (TPSA) is 157 Å². The SMILES string of the molecule is C[C@]1(O)CC2(CCN(C(=O)[C@H](N)CCCCN)CC2)OC[C@@H]1n1cc(F)c(=O)[nH]c1=O.